The van der Waals surface area contributed by atoms with Crippen molar-refractivity contribution in [3.63, 3.8) is 0 Å². The number of benzene rings is 3. The SMILES string of the molecule is CCCOc1ccc2ccccc2c1/C=C1\SC(=O)N(CC(=O)N2CCN(c3ccccc3)CC2)C1=O. The van der Waals surface area contributed by atoms with Gasteiger partial charge in [0.15, 0.2) is 0 Å². The number of hydrogen-bond donors (Lipinski definition) is 0. The lowest BCUT2D eigenvalue weighted by molar-refractivity contribution is -0.136. The van der Waals surface area contributed by atoms with Crippen LogP contribution in [0.25, 0.3) is 16.8 Å². The van der Waals surface area contributed by atoms with E-state index < -0.39 is 11.1 Å². The Kier molecular flexibility index (Phi) is 7.46. The minimum absolute atomic E-state index is 0.214. The van der Waals surface area contributed by atoms with Crippen LogP contribution in [0.15, 0.2) is 71.6 Å². The van der Waals surface area contributed by atoms with E-state index in [9.17, 15) is 14.4 Å². The highest BCUT2D eigenvalue weighted by atomic mass is 32.2. The van der Waals surface area contributed by atoms with E-state index in [0.29, 0.717) is 43.4 Å². The quantitative estimate of drug-likeness (QED) is 0.412. The smallest absolute Gasteiger partial charge is 0.294 e. The number of ether oxygens (including phenoxy) is 1. The molecule has 190 valence electrons. The first-order valence-corrected chi connectivity index (χ1v) is 13.3. The first-order chi connectivity index (χ1) is 18.0. The fourth-order valence-electron chi connectivity index (χ4n) is 4.62. The lowest BCUT2D eigenvalue weighted by Crippen LogP contribution is -2.51. The molecule has 3 aromatic rings. The van der Waals surface area contributed by atoms with Gasteiger partial charge in [0, 0.05) is 37.4 Å². The zero-order valence-electron chi connectivity index (χ0n) is 20.8. The fourth-order valence-corrected chi connectivity index (χ4v) is 5.44. The molecule has 7 nitrogen and oxygen atoms in total. The van der Waals surface area contributed by atoms with Crippen LogP contribution in [-0.4, -0.2) is 66.2 Å². The largest absolute Gasteiger partial charge is 0.493 e. The highest BCUT2D eigenvalue weighted by Crippen LogP contribution is 2.37. The number of imide groups is 1. The zero-order valence-corrected chi connectivity index (χ0v) is 21.6. The van der Waals surface area contributed by atoms with Crippen molar-refractivity contribution in [3.05, 3.63) is 77.2 Å². The van der Waals surface area contributed by atoms with E-state index in [2.05, 4.69) is 17.0 Å². The highest BCUT2D eigenvalue weighted by Gasteiger charge is 2.37. The molecule has 0 saturated carbocycles. The van der Waals surface area contributed by atoms with Gasteiger partial charge in [-0.25, -0.2) is 0 Å². The minimum atomic E-state index is -0.444. The van der Waals surface area contributed by atoms with E-state index in [1.807, 2.05) is 61.5 Å². The number of carbonyl (C=O) groups is 3. The van der Waals surface area contributed by atoms with Crippen molar-refractivity contribution in [2.24, 2.45) is 0 Å². The van der Waals surface area contributed by atoms with E-state index in [4.69, 9.17) is 4.74 Å². The van der Waals surface area contributed by atoms with Gasteiger partial charge in [-0.1, -0.05) is 55.5 Å². The van der Waals surface area contributed by atoms with Crippen LogP contribution in [-0.2, 0) is 9.59 Å². The molecule has 0 atom stereocenters. The average molecular weight is 516 g/mol. The summed E-state index contributed by atoms with van der Waals surface area (Å²) in [7, 11) is 0. The number of thioether (sulfide) groups is 1. The second-order valence-electron chi connectivity index (χ2n) is 9.02. The Labute approximate surface area is 220 Å². The average Bonchev–Trinajstić information content (AvgIpc) is 3.20. The third-order valence-corrected chi connectivity index (χ3v) is 7.50. The molecule has 0 radical (unpaired) electrons. The van der Waals surface area contributed by atoms with Crippen LogP contribution in [0.3, 0.4) is 0 Å². The number of nitrogens with zero attached hydrogens (tertiary/aromatic N) is 3. The van der Waals surface area contributed by atoms with E-state index in [1.165, 1.54) is 0 Å². The number of anilines is 1. The molecule has 2 fully saturated rings. The molecule has 3 amide bonds. The first kappa shape index (κ1) is 24.9. The van der Waals surface area contributed by atoms with Crippen molar-refractivity contribution in [1.82, 2.24) is 9.80 Å². The monoisotopic (exact) mass is 515 g/mol. The molecule has 3 aromatic carbocycles. The molecule has 2 saturated heterocycles. The molecular weight excluding hydrogens is 486 g/mol. The van der Waals surface area contributed by atoms with Crippen molar-refractivity contribution in [1.29, 1.82) is 0 Å². The molecule has 0 bridgehead atoms. The van der Waals surface area contributed by atoms with Gasteiger partial charge in [0.1, 0.15) is 12.3 Å². The fraction of sp³-hybridized carbons (Fsp3) is 0.276. The topological polar surface area (TPSA) is 70.2 Å². The van der Waals surface area contributed by atoms with Gasteiger partial charge in [0.05, 0.1) is 11.5 Å². The van der Waals surface area contributed by atoms with Crippen LogP contribution >= 0.6 is 11.8 Å². The van der Waals surface area contributed by atoms with Crippen LogP contribution in [0.4, 0.5) is 10.5 Å². The van der Waals surface area contributed by atoms with Crippen LogP contribution in [0, 0.1) is 0 Å². The van der Waals surface area contributed by atoms with E-state index >= 15 is 0 Å². The number of piperazine rings is 1. The Bertz CT molecular complexity index is 1350. The van der Waals surface area contributed by atoms with Crippen molar-refractivity contribution in [2.75, 3.05) is 44.2 Å². The molecule has 0 aliphatic carbocycles. The van der Waals surface area contributed by atoms with Gasteiger partial charge in [-0.2, -0.15) is 0 Å². The van der Waals surface area contributed by atoms with Crippen LogP contribution in [0.2, 0.25) is 0 Å². The number of fused-ring (bicyclic) bond motifs is 1. The summed E-state index contributed by atoms with van der Waals surface area (Å²) in [6, 6.07) is 21.8. The summed E-state index contributed by atoms with van der Waals surface area (Å²) in [6.07, 6.45) is 2.58. The maximum atomic E-state index is 13.2. The lowest BCUT2D eigenvalue weighted by Gasteiger charge is -2.36. The Morgan fingerprint density at radius 2 is 1.68 bits per heavy atom. The highest BCUT2D eigenvalue weighted by molar-refractivity contribution is 8.18. The van der Waals surface area contributed by atoms with Crippen molar-refractivity contribution in [3.8, 4) is 5.75 Å². The number of carbonyl (C=O) groups excluding carboxylic acids is 3. The molecule has 37 heavy (non-hydrogen) atoms. The molecule has 8 heteroatoms. The van der Waals surface area contributed by atoms with Crippen molar-refractivity contribution >= 4 is 51.4 Å². The van der Waals surface area contributed by atoms with Gasteiger partial charge in [-0.15, -0.1) is 0 Å². The third-order valence-electron chi connectivity index (χ3n) is 6.59. The first-order valence-electron chi connectivity index (χ1n) is 12.5. The van der Waals surface area contributed by atoms with E-state index in [-0.39, 0.29) is 12.5 Å². The summed E-state index contributed by atoms with van der Waals surface area (Å²) in [5.41, 5.74) is 1.89. The van der Waals surface area contributed by atoms with Gasteiger partial charge in [0.25, 0.3) is 11.1 Å². The molecule has 0 aromatic heterocycles. The number of rotatable bonds is 7. The summed E-state index contributed by atoms with van der Waals surface area (Å²) < 4.78 is 5.95. The Morgan fingerprint density at radius 3 is 2.43 bits per heavy atom. The minimum Gasteiger partial charge on any atom is -0.493 e. The Hall–Kier alpha value is -3.78. The lowest BCUT2D eigenvalue weighted by atomic mass is 10.0. The zero-order chi connectivity index (χ0) is 25.8. The van der Waals surface area contributed by atoms with Gasteiger partial charge < -0.3 is 14.5 Å². The summed E-state index contributed by atoms with van der Waals surface area (Å²) in [5.74, 6) is 0.00810. The summed E-state index contributed by atoms with van der Waals surface area (Å²) in [5, 5.41) is 1.53. The Morgan fingerprint density at radius 1 is 0.946 bits per heavy atom. The maximum Gasteiger partial charge on any atom is 0.294 e. The predicted octanol–water partition coefficient (Wildman–Crippen LogP) is 5.01. The Balaban J connectivity index is 1.30. The molecule has 0 spiro atoms. The molecule has 5 rings (SSSR count). The van der Waals surface area contributed by atoms with Gasteiger partial charge in [-0.3, -0.25) is 19.3 Å². The second-order valence-corrected chi connectivity index (χ2v) is 10.0. The molecule has 2 heterocycles. The van der Waals surface area contributed by atoms with Crippen molar-refractivity contribution < 1.29 is 19.1 Å². The number of amides is 3. The predicted molar refractivity (Wildman–Crippen MR) is 148 cm³/mol. The molecule has 2 aliphatic rings. The molecule has 0 N–H and O–H groups in total. The number of para-hydroxylation sites is 1. The molecule has 2 aliphatic heterocycles. The summed E-state index contributed by atoms with van der Waals surface area (Å²) in [4.78, 5) is 44.3. The summed E-state index contributed by atoms with van der Waals surface area (Å²) in [6.45, 7) is 4.85. The van der Waals surface area contributed by atoms with Gasteiger partial charge in [-0.05, 0) is 53.2 Å². The normalized spacial score (nSPS) is 17.2. The summed E-state index contributed by atoms with van der Waals surface area (Å²) >= 11 is 0.868. The van der Waals surface area contributed by atoms with Crippen molar-refractivity contribution in [2.45, 2.75) is 13.3 Å². The number of hydrogen-bond acceptors (Lipinski definition) is 6. The van der Waals surface area contributed by atoms with Crippen LogP contribution in [0.1, 0.15) is 18.9 Å². The van der Waals surface area contributed by atoms with Crippen LogP contribution in [0.5, 0.6) is 5.75 Å². The van der Waals surface area contributed by atoms with Gasteiger partial charge in [0.2, 0.25) is 5.91 Å². The van der Waals surface area contributed by atoms with E-state index in [0.717, 1.165) is 45.1 Å². The standard InChI is InChI=1S/C29H29N3O4S/c1-2-18-36-25-13-12-21-8-6-7-11-23(21)24(25)19-26-28(34)32(29(35)37-26)20-27(33)31-16-14-30(15-17-31)22-9-4-3-5-10-22/h3-13,19H,2,14-18,20H2,1H3/b26-19-. The molecule has 0 unspecified atom stereocenters. The molecular formula is C29H29N3O4S. The third kappa shape index (κ3) is 5.34. The van der Waals surface area contributed by atoms with Gasteiger partial charge >= 0.3 is 0 Å². The maximum absolute atomic E-state index is 13.2. The van der Waals surface area contributed by atoms with Crippen LogP contribution < -0.4 is 9.64 Å². The second kappa shape index (κ2) is 11.1. The van der Waals surface area contributed by atoms with E-state index in [1.54, 1.807) is 11.0 Å².